The Morgan fingerprint density at radius 1 is 1.26 bits per heavy atom. The first-order valence-corrected chi connectivity index (χ1v) is 10.2. The standard InChI is InChI=1S/C21H22F3N7O3/c1-10(21(22,23)24)31-9-27-17-16(20(31)34)14(8-30(17)3)28-13-6-15(29-18(32)11-4-5-11)26-7-12(13)19(33)25-2/h6-11H,4-5H2,1-3H3,(H,25,33)(H2,26,28,29,32)/t10-/m0/s1/i2D3. The number of nitrogens with one attached hydrogen (secondary N) is 3. The minimum atomic E-state index is -4.71. The van der Waals surface area contributed by atoms with Crippen LogP contribution in [0.5, 0.6) is 0 Å². The number of nitrogens with zero attached hydrogens (tertiary/aromatic N) is 4. The lowest BCUT2D eigenvalue weighted by atomic mass is 10.2. The summed E-state index contributed by atoms with van der Waals surface area (Å²) < 4.78 is 63.7. The van der Waals surface area contributed by atoms with Crippen molar-refractivity contribution in [1.82, 2.24) is 24.4 Å². The third kappa shape index (κ3) is 4.32. The number of alkyl halides is 3. The number of aryl methyl sites for hydroxylation is 1. The highest BCUT2D eigenvalue weighted by atomic mass is 19.4. The van der Waals surface area contributed by atoms with Gasteiger partial charge < -0.3 is 20.5 Å². The topological polar surface area (TPSA) is 123 Å². The molecule has 0 aliphatic heterocycles. The van der Waals surface area contributed by atoms with E-state index in [1.807, 2.05) is 5.32 Å². The van der Waals surface area contributed by atoms with Gasteiger partial charge in [0.2, 0.25) is 5.91 Å². The van der Waals surface area contributed by atoms with E-state index >= 15 is 0 Å². The maximum Gasteiger partial charge on any atom is 0.409 e. The molecule has 180 valence electrons. The predicted molar refractivity (Wildman–Crippen MR) is 118 cm³/mol. The minimum Gasteiger partial charge on any atom is -0.355 e. The number of hydrogen-bond donors (Lipinski definition) is 3. The summed E-state index contributed by atoms with van der Waals surface area (Å²) in [6.45, 7) is -2.00. The average Bonchev–Trinajstić information content (AvgIpc) is 3.57. The van der Waals surface area contributed by atoms with E-state index in [1.54, 1.807) is 0 Å². The zero-order valence-corrected chi connectivity index (χ0v) is 18.0. The molecule has 0 spiro atoms. The van der Waals surface area contributed by atoms with Crippen LogP contribution >= 0.6 is 0 Å². The Balaban J connectivity index is 1.80. The Labute approximate surface area is 195 Å². The van der Waals surface area contributed by atoms with Crippen molar-refractivity contribution in [2.45, 2.75) is 32.0 Å². The van der Waals surface area contributed by atoms with Gasteiger partial charge in [-0.2, -0.15) is 13.2 Å². The fourth-order valence-corrected chi connectivity index (χ4v) is 3.40. The molecule has 1 fully saturated rings. The lowest BCUT2D eigenvalue weighted by Gasteiger charge is -2.18. The molecule has 3 N–H and O–H groups in total. The molecule has 0 radical (unpaired) electrons. The van der Waals surface area contributed by atoms with Crippen molar-refractivity contribution in [2.75, 3.05) is 17.6 Å². The molecule has 3 heterocycles. The number of aromatic nitrogens is 4. The number of hydrogen-bond acceptors (Lipinski definition) is 6. The molecule has 34 heavy (non-hydrogen) atoms. The van der Waals surface area contributed by atoms with Crippen LogP contribution in [0.15, 0.2) is 29.6 Å². The number of pyridine rings is 1. The zero-order valence-electron chi connectivity index (χ0n) is 21.0. The quantitative estimate of drug-likeness (QED) is 0.499. The van der Waals surface area contributed by atoms with Gasteiger partial charge in [-0.05, 0) is 19.8 Å². The van der Waals surface area contributed by atoms with Gasteiger partial charge in [-0.15, -0.1) is 0 Å². The molecule has 1 aliphatic carbocycles. The summed E-state index contributed by atoms with van der Waals surface area (Å²) in [5, 5.41) is 7.05. The van der Waals surface area contributed by atoms with Crippen molar-refractivity contribution < 1.29 is 26.9 Å². The van der Waals surface area contributed by atoms with Crippen LogP contribution in [-0.2, 0) is 11.8 Å². The first kappa shape index (κ1) is 19.6. The monoisotopic (exact) mass is 480 g/mol. The average molecular weight is 480 g/mol. The van der Waals surface area contributed by atoms with Crippen LogP contribution in [0.4, 0.5) is 30.4 Å². The molecule has 13 heteroatoms. The molecule has 1 saturated carbocycles. The van der Waals surface area contributed by atoms with Crippen molar-refractivity contribution >= 4 is 40.0 Å². The lowest BCUT2D eigenvalue weighted by Crippen LogP contribution is -2.32. The fourth-order valence-electron chi connectivity index (χ4n) is 3.40. The minimum absolute atomic E-state index is 0.00678. The molecule has 0 saturated heterocycles. The summed E-state index contributed by atoms with van der Waals surface area (Å²) >= 11 is 0. The van der Waals surface area contributed by atoms with E-state index in [0.29, 0.717) is 4.57 Å². The van der Waals surface area contributed by atoms with Gasteiger partial charge in [0.05, 0.1) is 16.9 Å². The van der Waals surface area contributed by atoms with E-state index in [1.165, 1.54) is 23.9 Å². The number of anilines is 3. The van der Waals surface area contributed by atoms with Crippen LogP contribution < -0.4 is 21.5 Å². The molecule has 0 bridgehead atoms. The van der Waals surface area contributed by atoms with Crippen LogP contribution in [0.25, 0.3) is 11.0 Å². The molecule has 4 rings (SSSR count). The molecular weight excluding hydrogens is 455 g/mol. The highest BCUT2D eigenvalue weighted by Gasteiger charge is 2.38. The second-order valence-corrected chi connectivity index (χ2v) is 7.98. The molecule has 10 nitrogen and oxygen atoms in total. The van der Waals surface area contributed by atoms with Crippen LogP contribution in [0.1, 0.15) is 40.3 Å². The summed E-state index contributed by atoms with van der Waals surface area (Å²) in [5.74, 6) is -1.42. The van der Waals surface area contributed by atoms with Crippen molar-refractivity contribution in [3.63, 3.8) is 0 Å². The molecular formula is C21H22F3N7O3. The molecule has 3 aromatic heterocycles. The Kier molecular flexibility index (Phi) is 4.87. The Hall–Kier alpha value is -3.90. The first-order valence-electron chi connectivity index (χ1n) is 11.7. The number of rotatable bonds is 6. The van der Waals surface area contributed by atoms with Gasteiger partial charge >= 0.3 is 6.18 Å². The van der Waals surface area contributed by atoms with Gasteiger partial charge in [0.15, 0.2) is 0 Å². The summed E-state index contributed by atoms with van der Waals surface area (Å²) in [6.07, 6.45) is -0.0276. The number of carbonyl (C=O) groups excluding carboxylic acids is 2. The van der Waals surface area contributed by atoms with Crippen LogP contribution in [-0.4, -0.2) is 44.1 Å². The van der Waals surface area contributed by atoms with Gasteiger partial charge in [-0.3, -0.25) is 19.0 Å². The van der Waals surface area contributed by atoms with Gasteiger partial charge in [-0.25, -0.2) is 9.97 Å². The highest BCUT2D eigenvalue weighted by molar-refractivity contribution is 6.03. The summed E-state index contributed by atoms with van der Waals surface area (Å²) in [7, 11) is 1.52. The predicted octanol–water partition coefficient (Wildman–Crippen LogP) is 2.71. The molecule has 1 atom stereocenters. The molecule has 1 aliphatic rings. The maximum atomic E-state index is 13.3. The Morgan fingerprint density at radius 3 is 2.65 bits per heavy atom. The summed E-state index contributed by atoms with van der Waals surface area (Å²) in [6, 6.07) is -0.892. The molecule has 2 amide bonds. The highest BCUT2D eigenvalue weighted by Crippen LogP contribution is 2.33. The lowest BCUT2D eigenvalue weighted by molar-refractivity contribution is -0.163. The van der Waals surface area contributed by atoms with Gasteiger partial charge in [0, 0.05) is 42.5 Å². The smallest absolute Gasteiger partial charge is 0.355 e. The molecule has 3 aromatic rings. The van der Waals surface area contributed by atoms with Crippen LogP contribution in [0.3, 0.4) is 0 Å². The second kappa shape index (κ2) is 8.47. The van der Waals surface area contributed by atoms with E-state index < -0.39 is 30.7 Å². The number of halogens is 3. The van der Waals surface area contributed by atoms with Crippen LogP contribution in [0, 0.1) is 5.92 Å². The zero-order chi connectivity index (χ0) is 27.3. The fraction of sp³-hybridized carbons (Fsp3) is 0.381. The van der Waals surface area contributed by atoms with E-state index in [0.717, 1.165) is 32.3 Å². The van der Waals surface area contributed by atoms with Crippen molar-refractivity contribution in [3.05, 3.63) is 40.7 Å². The van der Waals surface area contributed by atoms with E-state index in [2.05, 4.69) is 20.6 Å². The molecule has 0 aromatic carbocycles. The SMILES string of the molecule is [2H]C([2H])([2H])NC(=O)c1cnc(NC(=O)C2CC2)cc1Nc1cn(C)c2ncn([C@@H](C)C(F)(F)F)c(=O)c12. The van der Waals surface area contributed by atoms with Crippen molar-refractivity contribution in [1.29, 1.82) is 0 Å². The van der Waals surface area contributed by atoms with Gasteiger partial charge in [-0.1, -0.05) is 0 Å². The maximum absolute atomic E-state index is 13.3. The Morgan fingerprint density at radius 2 is 2.00 bits per heavy atom. The van der Waals surface area contributed by atoms with Crippen LogP contribution in [0.2, 0.25) is 0 Å². The number of fused-ring (bicyclic) bond motifs is 1. The third-order valence-electron chi connectivity index (χ3n) is 5.52. The number of carbonyl (C=O) groups is 2. The largest absolute Gasteiger partial charge is 0.409 e. The van der Waals surface area contributed by atoms with Gasteiger partial charge in [0.25, 0.3) is 11.5 Å². The third-order valence-corrected chi connectivity index (χ3v) is 5.52. The van der Waals surface area contributed by atoms with Crippen molar-refractivity contribution in [2.24, 2.45) is 13.0 Å². The van der Waals surface area contributed by atoms with E-state index in [9.17, 15) is 27.6 Å². The Bertz CT molecular complexity index is 1450. The van der Waals surface area contributed by atoms with Crippen molar-refractivity contribution in [3.8, 4) is 0 Å². The second-order valence-electron chi connectivity index (χ2n) is 7.98. The summed E-state index contributed by atoms with van der Waals surface area (Å²) in [4.78, 5) is 45.9. The van der Waals surface area contributed by atoms with E-state index in [4.69, 9.17) is 4.11 Å². The van der Waals surface area contributed by atoms with E-state index in [-0.39, 0.29) is 45.6 Å². The first-order chi connectivity index (χ1) is 17.2. The normalized spacial score (nSPS) is 16.3. The van der Waals surface area contributed by atoms with Gasteiger partial charge in [0.1, 0.15) is 29.2 Å². The molecule has 0 unspecified atom stereocenters. The number of amides is 2. The summed E-state index contributed by atoms with van der Waals surface area (Å²) in [5.41, 5.74) is -1.20.